The van der Waals surface area contributed by atoms with E-state index in [4.69, 9.17) is 0 Å². The summed E-state index contributed by atoms with van der Waals surface area (Å²) in [7, 11) is 0. The maximum atomic E-state index is 11.3. The predicted octanol–water partition coefficient (Wildman–Crippen LogP) is 0.180. The van der Waals surface area contributed by atoms with Crippen LogP contribution in [0.5, 0.6) is 0 Å². The molecule has 1 saturated carbocycles. The quantitative estimate of drug-likeness (QED) is 0.633. The van der Waals surface area contributed by atoms with Crippen molar-refractivity contribution >= 4 is 11.8 Å². The van der Waals surface area contributed by atoms with Crippen LogP contribution in [0.3, 0.4) is 0 Å². The molecule has 1 aliphatic carbocycles. The molecule has 0 radical (unpaired) electrons. The molecule has 0 spiro atoms. The maximum absolute atomic E-state index is 11.3. The molecule has 2 fully saturated rings. The average molecular weight is 196 g/mol. The zero-order valence-corrected chi connectivity index (χ0v) is 8.38. The van der Waals surface area contributed by atoms with Crippen molar-refractivity contribution in [3.8, 4) is 0 Å². The second-order valence-corrected chi connectivity index (χ2v) is 4.32. The summed E-state index contributed by atoms with van der Waals surface area (Å²) >= 11 is 0. The van der Waals surface area contributed by atoms with E-state index in [0.717, 1.165) is 0 Å². The van der Waals surface area contributed by atoms with Crippen molar-refractivity contribution in [2.45, 2.75) is 44.7 Å². The Bertz CT molecular complexity index is 261. The monoisotopic (exact) mass is 196 g/mol. The summed E-state index contributed by atoms with van der Waals surface area (Å²) in [6, 6.07) is 0.0588. The Morgan fingerprint density at radius 3 is 2.57 bits per heavy atom. The Labute approximate surface area is 83.4 Å². The second kappa shape index (κ2) is 3.69. The van der Waals surface area contributed by atoms with Gasteiger partial charge in [0.25, 0.3) is 0 Å². The smallest absolute Gasteiger partial charge is 0.244 e. The van der Waals surface area contributed by atoms with Gasteiger partial charge in [0.05, 0.1) is 12.5 Å². The van der Waals surface area contributed by atoms with Crippen LogP contribution in [0, 0.1) is 5.92 Å². The molecule has 2 atom stereocenters. The fraction of sp³-hybridized carbons (Fsp3) is 0.800. The summed E-state index contributed by atoms with van der Waals surface area (Å²) < 4.78 is 0. The van der Waals surface area contributed by atoms with Gasteiger partial charge in [-0.3, -0.25) is 14.9 Å². The van der Waals surface area contributed by atoms with Crippen molar-refractivity contribution < 1.29 is 9.59 Å². The number of hydrogen-bond acceptors (Lipinski definition) is 3. The standard InChI is InChI=1S/C10H16N2O2/c1-6(7-3-2-4-7)11-8-5-9(13)12-10(8)14/h6-8,11H,2-5H2,1H3,(H,12,13,14). The number of rotatable bonds is 3. The largest absolute Gasteiger partial charge is 0.303 e. The first-order chi connectivity index (χ1) is 6.66. The molecule has 1 saturated heterocycles. The fourth-order valence-electron chi connectivity index (χ4n) is 2.08. The lowest BCUT2D eigenvalue weighted by molar-refractivity contribution is -0.125. The lowest BCUT2D eigenvalue weighted by Crippen LogP contribution is -2.46. The van der Waals surface area contributed by atoms with E-state index in [2.05, 4.69) is 17.6 Å². The van der Waals surface area contributed by atoms with E-state index >= 15 is 0 Å². The Balaban J connectivity index is 1.84. The van der Waals surface area contributed by atoms with E-state index in [9.17, 15) is 9.59 Å². The molecule has 14 heavy (non-hydrogen) atoms. The van der Waals surface area contributed by atoms with Gasteiger partial charge >= 0.3 is 0 Å². The van der Waals surface area contributed by atoms with Gasteiger partial charge in [0.15, 0.2) is 0 Å². The van der Waals surface area contributed by atoms with Gasteiger partial charge < -0.3 is 5.32 Å². The van der Waals surface area contributed by atoms with Crippen LogP contribution in [0.1, 0.15) is 32.6 Å². The summed E-state index contributed by atoms with van der Waals surface area (Å²) in [6.45, 7) is 2.10. The fourth-order valence-corrected chi connectivity index (χ4v) is 2.08. The molecule has 2 amide bonds. The van der Waals surface area contributed by atoms with Crippen LogP contribution < -0.4 is 10.6 Å². The van der Waals surface area contributed by atoms with Crippen molar-refractivity contribution in [1.29, 1.82) is 0 Å². The Morgan fingerprint density at radius 1 is 1.43 bits per heavy atom. The molecule has 1 aliphatic heterocycles. The Kier molecular flexibility index (Phi) is 2.54. The van der Waals surface area contributed by atoms with Crippen molar-refractivity contribution in [2.75, 3.05) is 0 Å². The first kappa shape index (κ1) is 9.65. The lowest BCUT2D eigenvalue weighted by atomic mass is 9.80. The normalized spacial score (nSPS) is 29.9. The lowest BCUT2D eigenvalue weighted by Gasteiger charge is -2.33. The van der Waals surface area contributed by atoms with Crippen molar-refractivity contribution in [3.63, 3.8) is 0 Å². The summed E-state index contributed by atoms with van der Waals surface area (Å²) in [6.07, 6.45) is 4.09. The highest BCUT2D eigenvalue weighted by Gasteiger charge is 2.33. The number of imide groups is 1. The van der Waals surface area contributed by atoms with Crippen LogP contribution in [0.15, 0.2) is 0 Å². The third-order valence-electron chi connectivity index (χ3n) is 3.29. The van der Waals surface area contributed by atoms with E-state index in [1.165, 1.54) is 19.3 Å². The van der Waals surface area contributed by atoms with E-state index in [1.807, 2.05) is 0 Å². The molecule has 78 valence electrons. The highest BCUT2D eigenvalue weighted by Crippen LogP contribution is 2.29. The number of hydrogen-bond donors (Lipinski definition) is 2. The van der Waals surface area contributed by atoms with Crippen molar-refractivity contribution in [1.82, 2.24) is 10.6 Å². The minimum atomic E-state index is -0.293. The first-order valence-corrected chi connectivity index (χ1v) is 5.26. The molecule has 0 bridgehead atoms. The molecular formula is C10H16N2O2. The third-order valence-corrected chi connectivity index (χ3v) is 3.29. The predicted molar refractivity (Wildman–Crippen MR) is 51.5 cm³/mol. The summed E-state index contributed by atoms with van der Waals surface area (Å²) in [4.78, 5) is 22.2. The zero-order valence-electron chi connectivity index (χ0n) is 8.38. The molecule has 2 N–H and O–H groups in total. The minimum Gasteiger partial charge on any atom is -0.303 e. The van der Waals surface area contributed by atoms with Gasteiger partial charge in [-0.25, -0.2) is 0 Å². The van der Waals surface area contributed by atoms with Crippen LogP contribution in [0.25, 0.3) is 0 Å². The highest BCUT2D eigenvalue weighted by atomic mass is 16.2. The molecule has 0 aromatic rings. The maximum Gasteiger partial charge on any atom is 0.244 e. The van der Waals surface area contributed by atoms with Gasteiger partial charge in [-0.1, -0.05) is 6.42 Å². The van der Waals surface area contributed by atoms with Crippen LogP contribution >= 0.6 is 0 Å². The Morgan fingerprint density at radius 2 is 2.14 bits per heavy atom. The topological polar surface area (TPSA) is 58.2 Å². The van der Waals surface area contributed by atoms with Crippen molar-refractivity contribution in [2.24, 2.45) is 5.92 Å². The Hall–Kier alpha value is -0.900. The third kappa shape index (κ3) is 1.80. The molecule has 4 nitrogen and oxygen atoms in total. The molecule has 0 aromatic carbocycles. The second-order valence-electron chi connectivity index (χ2n) is 4.32. The molecule has 4 heteroatoms. The number of nitrogens with one attached hydrogen (secondary N) is 2. The first-order valence-electron chi connectivity index (χ1n) is 5.26. The van der Waals surface area contributed by atoms with Gasteiger partial charge in [0.1, 0.15) is 0 Å². The van der Waals surface area contributed by atoms with Crippen molar-refractivity contribution in [3.05, 3.63) is 0 Å². The minimum absolute atomic E-state index is 0.159. The molecule has 1 heterocycles. The molecule has 0 aromatic heterocycles. The van der Waals surface area contributed by atoms with E-state index in [0.29, 0.717) is 18.4 Å². The molecular weight excluding hydrogens is 180 g/mol. The van der Waals surface area contributed by atoms with Gasteiger partial charge in [0, 0.05) is 6.04 Å². The number of amides is 2. The number of carbonyl (C=O) groups is 2. The number of carbonyl (C=O) groups excluding carboxylic acids is 2. The SMILES string of the molecule is CC(NC1CC(=O)NC1=O)C1CCC1. The van der Waals surface area contributed by atoms with Crippen LogP contribution in [-0.4, -0.2) is 23.9 Å². The summed E-state index contributed by atoms with van der Waals surface area (Å²) in [5.41, 5.74) is 0. The summed E-state index contributed by atoms with van der Waals surface area (Å²) in [5, 5.41) is 5.53. The molecule has 2 unspecified atom stereocenters. The van der Waals surface area contributed by atoms with E-state index < -0.39 is 0 Å². The highest BCUT2D eigenvalue weighted by molar-refractivity contribution is 6.05. The van der Waals surface area contributed by atoms with Gasteiger partial charge in [-0.05, 0) is 25.7 Å². The average Bonchev–Trinajstić information content (AvgIpc) is 2.26. The van der Waals surface area contributed by atoms with E-state index in [-0.39, 0.29) is 17.9 Å². The van der Waals surface area contributed by atoms with Gasteiger partial charge in [0.2, 0.25) is 11.8 Å². The van der Waals surface area contributed by atoms with E-state index in [1.54, 1.807) is 0 Å². The van der Waals surface area contributed by atoms with Gasteiger partial charge in [-0.15, -0.1) is 0 Å². The molecule has 2 rings (SSSR count). The van der Waals surface area contributed by atoms with Crippen LogP contribution in [0.4, 0.5) is 0 Å². The van der Waals surface area contributed by atoms with Crippen LogP contribution in [0.2, 0.25) is 0 Å². The van der Waals surface area contributed by atoms with Crippen LogP contribution in [-0.2, 0) is 9.59 Å². The van der Waals surface area contributed by atoms with Gasteiger partial charge in [-0.2, -0.15) is 0 Å². The zero-order chi connectivity index (χ0) is 10.1. The molecule has 2 aliphatic rings. The summed E-state index contributed by atoms with van der Waals surface area (Å²) in [5.74, 6) is 0.369.